The lowest BCUT2D eigenvalue weighted by molar-refractivity contribution is 1.63. The lowest BCUT2D eigenvalue weighted by Crippen LogP contribution is -1.93. The van der Waals surface area contributed by atoms with Crippen LogP contribution in [-0.4, -0.2) is 0 Å². The van der Waals surface area contributed by atoms with Gasteiger partial charge in [0.2, 0.25) is 0 Å². The Balaban J connectivity index is 1.24. The van der Waals surface area contributed by atoms with E-state index in [0.717, 1.165) is 0 Å². The number of hydrogen-bond donors (Lipinski definition) is 0. The molecule has 0 bridgehead atoms. The van der Waals surface area contributed by atoms with Crippen molar-refractivity contribution in [2.24, 2.45) is 0 Å². The van der Waals surface area contributed by atoms with Crippen molar-refractivity contribution in [1.29, 1.82) is 0 Å². The van der Waals surface area contributed by atoms with Crippen molar-refractivity contribution in [2.45, 2.75) is 0 Å². The zero-order valence-electron chi connectivity index (χ0n) is 27.5. The van der Waals surface area contributed by atoms with Gasteiger partial charge in [-0.3, -0.25) is 0 Å². The van der Waals surface area contributed by atoms with Crippen molar-refractivity contribution in [3.63, 3.8) is 0 Å². The molecule has 0 spiro atoms. The predicted octanol–water partition coefficient (Wildman–Crippen LogP) is 14.1. The van der Waals surface area contributed by atoms with Gasteiger partial charge in [-0.25, -0.2) is 0 Å². The zero-order valence-corrected chi connectivity index (χ0v) is 27.5. The quantitative estimate of drug-likeness (QED) is 0.134. The van der Waals surface area contributed by atoms with Crippen LogP contribution in [0.4, 0.5) is 0 Å². The molecule has 10 aromatic carbocycles. The highest BCUT2D eigenvalue weighted by Gasteiger charge is 2.19. The SMILES string of the molecule is c1cc(-c2cccc3ccccc23)cc(-c2c3ccccc3c(-c3ccc(-c4cccc5ccccc45)cc3)c3c2ccc2ccccc23)c1. The smallest absolute Gasteiger partial charge is 0.00141 e. The second-order valence-electron chi connectivity index (χ2n) is 13.2. The molecule has 0 nitrogen and oxygen atoms in total. The summed E-state index contributed by atoms with van der Waals surface area (Å²) in [6, 6.07) is 71.3. The van der Waals surface area contributed by atoms with E-state index in [9.17, 15) is 0 Å². The number of rotatable bonds is 4. The Labute approximate surface area is 291 Å². The first-order chi connectivity index (χ1) is 24.8. The Kier molecular flexibility index (Phi) is 6.60. The van der Waals surface area contributed by atoms with Gasteiger partial charge in [0, 0.05) is 0 Å². The second-order valence-corrected chi connectivity index (χ2v) is 13.2. The van der Waals surface area contributed by atoms with Crippen LogP contribution in [0.15, 0.2) is 194 Å². The van der Waals surface area contributed by atoms with E-state index in [1.54, 1.807) is 0 Å². The number of hydrogen-bond acceptors (Lipinski definition) is 0. The van der Waals surface area contributed by atoms with E-state index in [4.69, 9.17) is 0 Å². The van der Waals surface area contributed by atoms with Gasteiger partial charge in [-0.1, -0.05) is 188 Å². The number of fused-ring (bicyclic) bond motifs is 6. The summed E-state index contributed by atoms with van der Waals surface area (Å²) in [6.07, 6.45) is 0. The van der Waals surface area contributed by atoms with Crippen LogP contribution in [-0.2, 0) is 0 Å². The Hall–Kier alpha value is -6.50. The van der Waals surface area contributed by atoms with Gasteiger partial charge in [0.05, 0.1) is 0 Å². The van der Waals surface area contributed by atoms with Gasteiger partial charge in [0.15, 0.2) is 0 Å². The van der Waals surface area contributed by atoms with Crippen molar-refractivity contribution in [1.82, 2.24) is 0 Å². The molecule has 0 heteroatoms. The minimum absolute atomic E-state index is 1.22. The van der Waals surface area contributed by atoms with E-state index < -0.39 is 0 Å². The van der Waals surface area contributed by atoms with Crippen LogP contribution in [0.25, 0.3) is 98.4 Å². The molecule has 10 aromatic rings. The molecule has 232 valence electrons. The highest BCUT2D eigenvalue weighted by molar-refractivity contribution is 6.28. The molecule has 0 atom stereocenters. The third-order valence-electron chi connectivity index (χ3n) is 10.4. The molecule has 50 heavy (non-hydrogen) atoms. The molecule has 0 fully saturated rings. The topological polar surface area (TPSA) is 0 Å². The summed E-state index contributed by atoms with van der Waals surface area (Å²) in [5.41, 5.74) is 9.98. The molecular weight excluding hydrogens is 601 g/mol. The summed E-state index contributed by atoms with van der Waals surface area (Å²) in [4.78, 5) is 0. The zero-order chi connectivity index (χ0) is 33.0. The van der Waals surface area contributed by atoms with Gasteiger partial charge in [-0.15, -0.1) is 0 Å². The minimum Gasteiger partial charge on any atom is -0.0616 e. The van der Waals surface area contributed by atoms with Crippen LogP contribution in [0.2, 0.25) is 0 Å². The van der Waals surface area contributed by atoms with Crippen molar-refractivity contribution < 1.29 is 0 Å². The maximum Gasteiger partial charge on any atom is -0.00141 e. The van der Waals surface area contributed by atoms with Crippen molar-refractivity contribution in [3.8, 4) is 44.5 Å². The van der Waals surface area contributed by atoms with Gasteiger partial charge in [-0.05, 0) is 104 Å². The molecule has 0 aliphatic carbocycles. The molecule has 0 saturated heterocycles. The molecule has 0 unspecified atom stereocenters. The molecule has 0 aliphatic rings. The minimum atomic E-state index is 1.22. The first-order valence-corrected chi connectivity index (χ1v) is 17.4. The second kappa shape index (κ2) is 11.6. The van der Waals surface area contributed by atoms with Crippen LogP contribution in [0.1, 0.15) is 0 Å². The number of benzene rings is 10. The summed E-state index contributed by atoms with van der Waals surface area (Å²) in [5, 5.41) is 12.7. The summed E-state index contributed by atoms with van der Waals surface area (Å²) in [5.74, 6) is 0. The molecule has 0 heterocycles. The summed E-state index contributed by atoms with van der Waals surface area (Å²) >= 11 is 0. The average Bonchev–Trinajstić information content (AvgIpc) is 3.19. The first-order valence-electron chi connectivity index (χ1n) is 17.4. The summed E-state index contributed by atoms with van der Waals surface area (Å²) < 4.78 is 0. The fourth-order valence-corrected chi connectivity index (χ4v) is 8.17. The van der Waals surface area contributed by atoms with Gasteiger partial charge >= 0.3 is 0 Å². The van der Waals surface area contributed by atoms with Gasteiger partial charge < -0.3 is 0 Å². The Morgan fingerprint density at radius 1 is 0.220 bits per heavy atom. The molecule has 10 rings (SSSR count). The highest BCUT2D eigenvalue weighted by atomic mass is 14.2. The van der Waals surface area contributed by atoms with E-state index in [0.29, 0.717) is 0 Å². The summed E-state index contributed by atoms with van der Waals surface area (Å²) in [7, 11) is 0. The maximum atomic E-state index is 2.39. The predicted molar refractivity (Wildman–Crippen MR) is 216 cm³/mol. The van der Waals surface area contributed by atoms with E-state index in [2.05, 4.69) is 194 Å². The van der Waals surface area contributed by atoms with Crippen LogP contribution < -0.4 is 0 Å². The maximum absolute atomic E-state index is 2.39. The standard InChI is InChI=1S/C50H32/c1-4-19-40-33(12-1)15-10-24-42(40)36-26-28-37(29-27-36)49-46-23-8-7-22-45(46)48(47-31-30-35-14-3-6-21-44(35)50(47)49)39-18-9-17-38(32-39)43-25-11-16-34-13-2-5-20-41(34)43/h1-32H. The van der Waals surface area contributed by atoms with Crippen LogP contribution in [0.5, 0.6) is 0 Å². The lowest BCUT2D eigenvalue weighted by atomic mass is 9.83. The molecule has 0 saturated carbocycles. The van der Waals surface area contributed by atoms with Gasteiger partial charge in [0.1, 0.15) is 0 Å². The third-order valence-corrected chi connectivity index (χ3v) is 10.4. The van der Waals surface area contributed by atoms with Gasteiger partial charge in [0.25, 0.3) is 0 Å². The fraction of sp³-hybridized carbons (Fsp3) is 0. The van der Waals surface area contributed by atoms with E-state index in [1.165, 1.54) is 98.4 Å². The molecule has 0 aromatic heterocycles. The van der Waals surface area contributed by atoms with Crippen LogP contribution >= 0.6 is 0 Å². The van der Waals surface area contributed by atoms with Crippen molar-refractivity contribution in [3.05, 3.63) is 194 Å². The first kappa shape index (κ1) is 28.5. The van der Waals surface area contributed by atoms with Crippen LogP contribution in [0.3, 0.4) is 0 Å². The third kappa shape index (κ3) is 4.54. The van der Waals surface area contributed by atoms with E-state index in [-0.39, 0.29) is 0 Å². The molecule has 0 aliphatic heterocycles. The molecule has 0 N–H and O–H groups in total. The normalized spacial score (nSPS) is 11.6. The lowest BCUT2D eigenvalue weighted by Gasteiger charge is -2.20. The average molecular weight is 633 g/mol. The molecule has 0 radical (unpaired) electrons. The molecular formula is C50H32. The monoisotopic (exact) mass is 632 g/mol. The van der Waals surface area contributed by atoms with E-state index >= 15 is 0 Å². The van der Waals surface area contributed by atoms with E-state index in [1.807, 2.05) is 0 Å². The Morgan fingerprint density at radius 2 is 0.680 bits per heavy atom. The largest absolute Gasteiger partial charge is 0.0616 e. The van der Waals surface area contributed by atoms with Crippen molar-refractivity contribution >= 4 is 53.9 Å². The highest BCUT2D eigenvalue weighted by Crippen LogP contribution is 2.47. The molecule has 0 amide bonds. The Bertz CT molecular complexity index is 2900. The summed E-state index contributed by atoms with van der Waals surface area (Å²) in [6.45, 7) is 0. The van der Waals surface area contributed by atoms with Crippen molar-refractivity contribution in [2.75, 3.05) is 0 Å². The van der Waals surface area contributed by atoms with Crippen LogP contribution in [0, 0.1) is 0 Å². The van der Waals surface area contributed by atoms with Gasteiger partial charge in [-0.2, -0.15) is 0 Å². The Morgan fingerprint density at radius 3 is 1.34 bits per heavy atom. The fourth-order valence-electron chi connectivity index (χ4n) is 8.17.